The minimum absolute atomic E-state index is 0.0475. The molecule has 3 amide bonds. The number of methoxy groups -OCH3 is 1. The number of ether oxygens (including phenoxy) is 3. The van der Waals surface area contributed by atoms with Crippen LogP contribution in [0.25, 0.3) is 0 Å². The molecule has 13 heteroatoms. The van der Waals surface area contributed by atoms with E-state index in [0.717, 1.165) is 18.4 Å². The highest BCUT2D eigenvalue weighted by molar-refractivity contribution is 9.09. The van der Waals surface area contributed by atoms with E-state index in [9.17, 15) is 19.5 Å². The van der Waals surface area contributed by atoms with Gasteiger partial charge in [-0.3, -0.25) is 19.2 Å². The zero-order chi connectivity index (χ0) is 39.0. The van der Waals surface area contributed by atoms with Gasteiger partial charge in [-0.05, 0) is 49.8 Å². The smallest absolute Gasteiger partial charge is 0.313 e. The molecule has 8 atom stereocenters. The lowest BCUT2D eigenvalue weighted by Gasteiger charge is -2.37. The van der Waals surface area contributed by atoms with Gasteiger partial charge in [-0.2, -0.15) is 0 Å². The Bertz CT molecular complexity index is 1660. The van der Waals surface area contributed by atoms with Gasteiger partial charge in [0.2, 0.25) is 11.8 Å². The quantitative estimate of drug-likeness (QED) is 0.0736. The van der Waals surface area contributed by atoms with Crippen molar-refractivity contribution in [1.29, 1.82) is 0 Å². The highest BCUT2D eigenvalue weighted by Crippen LogP contribution is 2.60. The normalized spacial score (nSPS) is 25.2. The third-order valence-corrected chi connectivity index (χ3v) is 11.8. The number of aryl methyl sites for hydroxylation is 1. The average Bonchev–Trinajstić information content (AvgIpc) is 3.75. The summed E-state index contributed by atoms with van der Waals surface area (Å²) in [6, 6.07) is 12.7. The van der Waals surface area contributed by atoms with Crippen LogP contribution in [0.5, 0.6) is 0 Å². The maximum absolute atomic E-state index is 15.1. The third kappa shape index (κ3) is 8.48. The molecule has 0 radical (unpaired) electrons. The van der Waals surface area contributed by atoms with Gasteiger partial charge in [-0.25, -0.2) is 0 Å². The van der Waals surface area contributed by atoms with E-state index in [1.165, 1.54) is 7.11 Å². The van der Waals surface area contributed by atoms with Crippen molar-refractivity contribution in [3.63, 3.8) is 0 Å². The van der Waals surface area contributed by atoms with Gasteiger partial charge >= 0.3 is 5.97 Å². The lowest BCUT2D eigenvalue weighted by Crippen LogP contribution is -2.57. The molecule has 3 heterocycles. The fraction of sp³-hybridized carbons (Fsp3) is 0.512. The first-order valence-corrected chi connectivity index (χ1v) is 19.9. The van der Waals surface area contributed by atoms with E-state index >= 15 is 4.79 Å². The molecule has 1 spiro atoms. The van der Waals surface area contributed by atoms with Crippen LogP contribution in [0, 0.1) is 18.8 Å². The Morgan fingerprint density at radius 2 is 1.87 bits per heavy atom. The fourth-order valence-corrected chi connectivity index (χ4v) is 9.59. The number of aliphatic hydroxyl groups excluding tert-OH is 1. The second-order valence-electron chi connectivity index (χ2n) is 14.2. The van der Waals surface area contributed by atoms with E-state index in [1.54, 1.807) is 40.2 Å². The summed E-state index contributed by atoms with van der Waals surface area (Å²) in [5.41, 5.74) is 0.584. The maximum atomic E-state index is 15.1. The highest BCUT2D eigenvalue weighted by Gasteiger charge is 2.77. The van der Waals surface area contributed by atoms with E-state index in [0.29, 0.717) is 42.0 Å². The van der Waals surface area contributed by atoms with Crippen LogP contribution in [0.3, 0.4) is 0 Å². The highest BCUT2D eigenvalue weighted by atomic mass is 79.9. The number of hydrogen-bond donors (Lipinski definition) is 2. The number of anilines is 1. The number of halogens is 2. The van der Waals surface area contributed by atoms with Crippen molar-refractivity contribution in [2.75, 3.05) is 38.3 Å². The predicted octanol–water partition coefficient (Wildman–Crippen LogP) is 5.85. The fourth-order valence-electron chi connectivity index (χ4n) is 8.32. The van der Waals surface area contributed by atoms with Crippen LogP contribution in [0.15, 0.2) is 73.8 Å². The SMILES string of the molecule is C=CCCC(=O)N[C@H](COC)[C@H](OC(=O)[C@H]1[C@@H]2O[C@@]3(CC2Br)[C@@H]1C(=O)N(CCCCCCO)[C@@H]3C(=O)N(CC=C)c1c(C)cccc1Cl)c1ccccc1. The molecule has 5 rings (SSSR count). The zero-order valence-electron chi connectivity index (χ0n) is 31.0. The van der Waals surface area contributed by atoms with Gasteiger partial charge in [-0.1, -0.05) is 95.0 Å². The second-order valence-corrected chi connectivity index (χ2v) is 15.8. The van der Waals surface area contributed by atoms with Crippen LogP contribution in [-0.4, -0.2) is 95.7 Å². The molecule has 3 saturated heterocycles. The number of nitrogens with one attached hydrogen (secondary N) is 1. The van der Waals surface area contributed by atoms with Crippen LogP contribution < -0.4 is 10.2 Å². The van der Waals surface area contributed by atoms with Crippen molar-refractivity contribution in [3.8, 4) is 0 Å². The summed E-state index contributed by atoms with van der Waals surface area (Å²) in [4.78, 5) is 60.2. The Balaban J connectivity index is 1.53. The van der Waals surface area contributed by atoms with Crippen molar-refractivity contribution in [2.45, 2.75) is 86.6 Å². The second kappa shape index (κ2) is 18.9. The van der Waals surface area contributed by atoms with Crippen molar-refractivity contribution in [3.05, 3.63) is 90.0 Å². The molecule has 3 fully saturated rings. The topological polar surface area (TPSA) is 135 Å². The number of aliphatic hydroxyl groups is 1. The lowest BCUT2D eigenvalue weighted by molar-refractivity contribution is -0.163. The number of unbranched alkanes of at least 4 members (excludes halogenated alkanes) is 3. The molecule has 2 N–H and O–H groups in total. The molecule has 11 nitrogen and oxygen atoms in total. The van der Waals surface area contributed by atoms with Crippen molar-refractivity contribution in [2.24, 2.45) is 11.8 Å². The Morgan fingerprint density at radius 3 is 2.54 bits per heavy atom. The molecule has 0 saturated carbocycles. The monoisotopic (exact) mass is 827 g/mol. The molecule has 1 unspecified atom stereocenters. The summed E-state index contributed by atoms with van der Waals surface area (Å²) < 4.78 is 18.6. The van der Waals surface area contributed by atoms with Crippen molar-refractivity contribution >= 4 is 56.9 Å². The molecule has 2 aromatic rings. The number of allylic oxidation sites excluding steroid dienone is 1. The molecule has 0 aliphatic carbocycles. The van der Waals surface area contributed by atoms with Crippen LogP contribution in [0.1, 0.15) is 62.2 Å². The number of amides is 3. The Hall–Kier alpha value is -3.55. The zero-order valence-corrected chi connectivity index (χ0v) is 33.3. The first kappa shape index (κ1) is 41.6. The summed E-state index contributed by atoms with van der Waals surface area (Å²) in [5.74, 6) is -3.71. The molecule has 3 aliphatic rings. The number of alkyl halides is 1. The maximum Gasteiger partial charge on any atom is 0.313 e. The number of para-hydroxylation sites is 1. The van der Waals surface area contributed by atoms with E-state index in [4.69, 9.17) is 25.8 Å². The number of esters is 1. The molecule has 54 heavy (non-hydrogen) atoms. The van der Waals surface area contributed by atoms with Crippen LogP contribution in [-0.2, 0) is 33.4 Å². The average molecular weight is 829 g/mol. The number of carbonyl (C=O) groups is 4. The molecule has 0 aromatic heterocycles. The third-order valence-electron chi connectivity index (χ3n) is 10.6. The standard InChI is InChI=1S/C41H51BrClN3O8/c1-5-7-20-31(48)44-30(25-52-4)35(27-17-11-10-12-18-27)53-40(51)32-33-38(49)46(22-13-8-9-14-23-47)37(41(33)24-28(42)36(32)54-41)39(50)45(21-6-2)34-26(3)16-15-19-29(34)43/h5-6,10-12,15-19,28,30,32-33,35-37,47H,1-2,7-9,13-14,20-25H2,3-4H3,(H,44,48)/t28?,30-,32-,33+,35-,36-,37-,41+/m1/s1. The molecular formula is C41H51BrClN3O8. The van der Waals surface area contributed by atoms with Crippen molar-refractivity contribution in [1.82, 2.24) is 10.2 Å². The molecule has 2 aromatic carbocycles. The van der Waals surface area contributed by atoms with Crippen LogP contribution in [0.2, 0.25) is 5.02 Å². The Morgan fingerprint density at radius 1 is 1.13 bits per heavy atom. The summed E-state index contributed by atoms with van der Waals surface area (Å²) in [6.07, 6.45) is 5.24. The van der Waals surface area contributed by atoms with Gasteiger partial charge in [0, 0.05) is 38.1 Å². The van der Waals surface area contributed by atoms with Gasteiger partial charge in [0.05, 0.1) is 41.3 Å². The molecule has 3 aliphatic heterocycles. The summed E-state index contributed by atoms with van der Waals surface area (Å²) in [7, 11) is 1.50. The molecular weight excluding hydrogens is 778 g/mol. The number of carbonyl (C=O) groups excluding carboxylic acids is 4. The van der Waals surface area contributed by atoms with Crippen LogP contribution >= 0.6 is 27.5 Å². The summed E-state index contributed by atoms with van der Waals surface area (Å²) >= 11 is 10.5. The van der Waals surface area contributed by atoms with Gasteiger partial charge in [-0.15, -0.1) is 13.2 Å². The molecule has 2 bridgehead atoms. The number of nitrogens with zero attached hydrogens (tertiary/aromatic N) is 2. The Labute approximate surface area is 331 Å². The minimum Gasteiger partial charge on any atom is -0.455 e. The van der Waals surface area contributed by atoms with Gasteiger partial charge in [0.25, 0.3) is 5.91 Å². The first-order valence-electron chi connectivity index (χ1n) is 18.6. The van der Waals surface area contributed by atoms with Gasteiger partial charge in [0.1, 0.15) is 17.7 Å². The summed E-state index contributed by atoms with van der Waals surface area (Å²) in [6.45, 7) is 9.97. The van der Waals surface area contributed by atoms with Crippen LogP contribution in [0.4, 0.5) is 5.69 Å². The summed E-state index contributed by atoms with van der Waals surface area (Å²) in [5, 5.41) is 12.7. The van der Waals surface area contributed by atoms with Gasteiger partial charge in [0.15, 0.2) is 0 Å². The van der Waals surface area contributed by atoms with E-state index in [2.05, 4.69) is 34.4 Å². The number of hydrogen-bond acceptors (Lipinski definition) is 8. The lowest BCUT2D eigenvalue weighted by atomic mass is 9.70. The van der Waals surface area contributed by atoms with E-state index < -0.39 is 47.7 Å². The van der Waals surface area contributed by atoms with E-state index in [1.807, 2.05) is 37.3 Å². The minimum atomic E-state index is -1.34. The number of rotatable bonds is 20. The predicted molar refractivity (Wildman–Crippen MR) is 210 cm³/mol. The number of benzene rings is 2. The van der Waals surface area contributed by atoms with Gasteiger partial charge < -0.3 is 34.4 Å². The van der Waals surface area contributed by atoms with E-state index in [-0.39, 0.29) is 55.3 Å². The first-order chi connectivity index (χ1) is 26.0. The molecule has 292 valence electrons. The Kier molecular flexibility index (Phi) is 14.5. The largest absolute Gasteiger partial charge is 0.455 e. The number of likely N-dealkylation sites (tertiary alicyclic amines) is 1. The number of fused-ring (bicyclic) bond motifs is 1. The van der Waals surface area contributed by atoms with Crippen molar-refractivity contribution < 1.29 is 38.5 Å².